The number of amides is 1. The van der Waals surface area contributed by atoms with Crippen molar-refractivity contribution in [2.45, 2.75) is 26.7 Å². The number of primary amides is 1. The molecule has 104 valence electrons. The Bertz CT molecular complexity index is 467. The second-order valence-corrected chi connectivity index (χ2v) is 5.66. The SMILES string of the molecule is Cc1ccc(C(N)=O)c(NCC2(C)CCCNC2)n1. The van der Waals surface area contributed by atoms with Gasteiger partial charge in [-0.1, -0.05) is 6.92 Å². The van der Waals surface area contributed by atoms with Crippen molar-refractivity contribution in [3.63, 3.8) is 0 Å². The number of aryl methyl sites for hydroxylation is 1. The zero-order valence-electron chi connectivity index (χ0n) is 11.6. The van der Waals surface area contributed by atoms with Crippen molar-refractivity contribution in [2.24, 2.45) is 11.1 Å². The number of hydrogen-bond donors (Lipinski definition) is 3. The molecular weight excluding hydrogens is 240 g/mol. The highest BCUT2D eigenvalue weighted by Gasteiger charge is 2.27. The van der Waals surface area contributed by atoms with Crippen LogP contribution in [0, 0.1) is 12.3 Å². The van der Waals surface area contributed by atoms with Crippen molar-refractivity contribution in [3.8, 4) is 0 Å². The molecule has 0 bridgehead atoms. The summed E-state index contributed by atoms with van der Waals surface area (Å²) in [5, 5.41) is 6.70. The largest absolute Gasteiger partial charge is 0.369 e. The van der Waals surface area contributed by atoms with Gasteiger partial charge in [-0.3, -0.25) is 4.79 Å². The van der Waals surface area contributed by atoms with Crippen LogP contribution >= 0.6 is 0 Å². The standard InChI is InChI=1S/C14H22N4O/c1-10-4-5-11(12(15)19)13(18-10)17-9-14(2)6-3-7-16-8-14/h4-5,16H,3,6-9H2,1-2H3,(H2,15,19)(H,17,18). The van der Waals surface area contributed by atoms with Crippen LogP contribution in [0.1, 0.15) is 35.8 Å². The van der Waals surface area contributed by atoms with Crippen LogP contribution < -0.4 is 16.4 Å². The van der Waals surface area contributed by atoms with E-state index in [0.717, 1.165) is 25.3 Å². The first-order chi connectivity index (χ1) is 9.00. The minimum absolute atomic E-state index is 0.193. The van der Waals surface area contributed by atoms with Crippen molar-refractivity contribution in [3.05, 3.63) is 23.4 Å². The maximum Gasteiger partial charge on any atom is 0.252 e. The number of carbonyl (C=O) groups excluding carboxylic acids is 1. The number of nitrogens with two attached hydrogens (primary N) is 1. The van der Waals surface area contributed by atoms with Gasteiger partial charge in [0, 0.05) is 18.8 Å². The lowest BCUT2D eigenvalue weighted by Crippen LogP contribution is -2.42. The summed E-state index contributed by atoms with van der Waals surface area (Å²) in [7, 11) is 0. The lowest BCUT2D eigenvalue weighted by Gasteiger charge is -2.34. The van der Waals surface area contributed by atoms with Crippen LogP contribution in [0.5, 0.6) is 0 Å². The molecule has 0 spiro atoms. The molecule has 1 unspecified atom stereocenters. The van der Waals surface area contributed by atoms with Crippen molar-refractivity contribution in [2.75, 3.05) is 25.0 Å². The van der Waals surface area contributed by atoms with E-state index in [-0.39, 0.29) is 5.41 Å². The van der Waals surface area contributed by atoms with Gasteiger partial charge in [-0.15, -0.1) is 0 Å². The highest BCUT2D eigenvalue weighted by Crippen LogP contribution is 2.26. The molecular formula is C14H22N4O. The smallest absolute Gasteiger partial charge is 0.252 e. The summed E-state index contributed by atoms with van der Waals surface area (Å²) in [6.07, 6.45) is 2.35. The van der Waals surface area contributed by atoms with Gasteiger partial charge in [-0.25, -0.2) is 4.98 Å². The molecule has 1 aliphatic rings. The number of pyridine rings is 1. The third kappa shape index (κ3) is 3.44. The number of nitrogens with zero attached hydrogens (tertiary/aromatic N) is 1. The maximum atomic E-state index is 11.4. The van der Waals surface area contributed by atoms with E-state index in [1.54, 1.807) is 12.1 Å². The van der Waals surface area contributed by atoms with Gasteiger partial charge in [0.25, 0.3) is 5.91 Å². The van der Waals surface area contributed by atoms with Gasteiger partial charge in [0.2, 0.25) is 0 Å². The first kappa shape index (κ1) is 13.8. The second kappa shape index (κ2) is 5.57. The van der Waals surface area contributed by atoms with Gasteiger partial charge in [-0.2, -0.15) is 0 Å². The maximum absolute atomic E-state index is 11.4. The number of rotatable bonds is 4. The van der Waals surface area contributed by atoms with Crippen LogP contribution in [0.3, 0.4) is 0 Å². The van der Waals surface area contributed by atoms with Crippen LogP contribution in [0.4, 0.5) is 5.82 Å². The van der Waals surface area contributed by atoms with Crippen LogP contribution in [0.2, 0.25) is 0 Å². The van der Waals surface area contributed by atoms with Gasteiger partial charge < -0.3 is 16.4 Å². The van der Waals surface area contributed by atoms with E-state index in [1.165, 1.54) is 12.8 Å². The Kier molecular flexibility index (Phi) is 4.04. The first-order valence-corrected chi connectivity index (χ1v) is 6.72. The fraction of sp³-hybridized carbons (Fsp3) is 0.571. The summed E-state index contributed by atoms with van der Waals surface area (Å²) in [6.45, 7) is 7.00. The second-order valence-electron chi connectivity index (χ2n) is 5.66. The summed E-state index contributed by atoms with van der Waals surface area (Å²) in [5.41, 5.74) is 6.90. The Morgan fingerprint density at radius 3 is 3.00 bits per heavy atom. The highest BCUT2D eigenvalue weighted by atomic mass is 16.1. The van der Waals surface area contributed by atoms with Crippen LogP contribution in [0.15, 0.2) is 12.1 Å². The van der Waals surface area contributed by atoms with E-state index < -0.39 is 5.91 Å². The Labute approximate surface area is 114 Å². The molecule has 0 saturated carbocycles. The molecule has 1 aromatic heterocycles. The van der Waals surface area contributed by atoms with E-state index in [9.17, 15) is 4.79 Å². The normalized spacial score (nSPS) is 23.1. The zero-order valence-corrected chi connectivity index (χ0v) is 11.6. The van der Waals surface area contributed by atoms with E-state index >= 15 is 0 Å². The summed E-state index contributed by atoms with van der Waals surface area (Å²) in [4.78, 5) is 15.8. The van der Waals surface area contributed by atoms with Crippen molar-refractivity contribution < 1.29 is 4.79 Å². The van der Waals surface area contributed by atoms with E-state index in [2.05, 4.69) is 22.5 Å². The molecule has 5 nitrogen and oxygen atoms in total. The third-order valence-electron chi connectivity index (χ3n) is 3.67. The Balaban J connectivity index is 2.10. The summed E-state index contributed by atoms with van der Waals surface area (Å²) < 4.78 is 0. The van der Waals surface area contributed by atoms with Crippen LogP contribution in [0.25, 0.3) is 0 Å². The fourth-order valence-electron chi connectivity index (χ4n) is 2.46. The number of nitrogens with one attached hydrogen (secondary N) is 2. The topological polar surface area (TPSA) is 80.0 Å². The predicted molar refractivity (Wildman–Crippen MR) is 76.2 cm³/mol. The minimum atomic E-state index is -0.443. The van der Waals surface area contributed by atoms with Crippen LogP contribution in [-0.4, -0.2) is 30.5 Å². The van der Waals surface area contributed by atoms with Gasteiger partial charge in [0.15, 0.2) is 0 Å². The Morgan fingerprint density at radius 1 is 1.58 bits per heavy atom. The van der Waals surface area contributed by atoms with Gasteiger partial charge in [0.05, 0.1) is 5.56 Å². The quantitative estimate of drug-likeness (QED) is 0.764. The predicted octanol–water partition coefficient (Wildman–Crippen LogP) is 1.29. The molecule has 2 heterocycles. The lowest BCUT2D eigenvalue weighted by molar-refractivity contribution is 0.100. The molecule has 1 fully saturated rings. The number of aromatic nitrogens is 1. The average Bonchev–Trinajstić information content (AvgIpc) is 2.37. The molecule has 1 aromatic rings. The number of anilines is 1. The Hall–Kier alpha value is -1.62. The average molecular weight is 262 g/mol. The van der Waals surface area contributed by atoms with Crippen molar-refractivity contribution in [1.82, 2.24) is 10.3 Å². The van der Waals surface area contributed by atoms with Crippen LogP contribution in [-0.2, 0) is 0 Å². The van der Waals surface area contributed by atoms with Crippen molar-refractivity contribution >= 4 is 11.7 Å². The molecule has 4 N–H and O–H groups in total. The lowest BCUT2D eigenvalue weighted by atomic mass is 9.83. The molecule has 1 aliphatic heterocycles. The monoisotopic (exact) mass is 262 g/mol. The number of hydrogen-bond acceptors (Lipinski definition) is 4. The first-order valence-electron chi connectivity index (χ1n) is 6.72. The third-order valence-corrected chi connectivity index (χ3v) is 3.67. The molecule has 1 amide bonds. The fourth-order valence-corrected chi connectivity index (χ4v) is 2.46. The molecule has 0 aromatic carbocycles. The molecule has 5 heteroatoms. The zero-order chi connectivity index (χ0) is 13.9. The molecule has 1 saturated heterocycles. The molecule has 1 atom stereocenters. The highest BCUT2D eigenvalue weighted by molar-refractivity contribution is 5.97. The van der Waals surface area contributed by atoms with Gasteiger partial charge in [0.1, 0.15) is 5.82 Å². The summed E-state index contributed by atoms with van der Waals surface area (Å²) >= 11 is 0. The molecule has 2 rings (SSSR count). The van der Waals surface area contributed by atoms with E-state index in [0.29, 0.717) is 11.4 Å². The summed E-state index contributed by atoms with van der Waals surface area (Å²) in [6, 6.07) is 3.53. The molecule has 19 heavy (non-hydrogen) atoms. The number of carbonyl (C=O) groups is 1. The van der Waals surface area contributed by atoms with E-state index in [4.69, 9.17) is 5.73 Å². The summed E-state index contributed by atoms with van der Waals surface area (Å²) in [5.74, 6) is 0.154. The molecule has 0 radical (unpaired) electrons. The van der Waals surface area contributed by atoms with Gasteiger partial charge >= 0.3 is 0 Å². The Morgan fingerprint density at radius 2 is 2.37 bits per heavy atom. The molecule has 0 aliphatic carbocycles. The van der Waals surface area contributed by atoms with Crippen molar-refractivity contribution in [1.29, 1.82) is 0 Å². The van der Waals surface area contributed by atoms with E-state index in [1.807, 2.05) is 6.92 Å². The minimum Gasteiger partial charge on any atom is -0.369 e. The number of piperidine rings is 1. The van der Waals surface area contributed by atoms with Gasteiger partial charge in [-0.05, 0) is 43.9 Å².